The standard InChI is InChI=1S/C14H23N3O/c1-5-8-17(14(2,3)4)13-16-12(10-18-13)9-15-11-6-7-11/h5,10-11,15H,1,6-9H2,2-4H3. The molecule has 0 atom stereocenters. The quantitative estimate of drug-likeness (QED) is 0.787. The van der Waals surface area contributed by atoms with Gasteiger partial charge in [0.05, 0.1) is 5.69 Å². The Hall–Kier alpha value is -1.29. The summed E-state index contributed by atoms with van der Waals surface area (Å²) in [4.78, 5) is 6.66. The third kappa shape index (κ3) is 3.35. The molecule has 1 saturated carbocycles. The monoisotopic (exact) mass is 249 g/mol. The van der Waals surface area contributed by atoms with E-state index in [1.54, 1.807) is 6.26 Å². The first-order chi connectivity index (χ1) is 8.50. The Morgan fingerprint density at radius 1 is 1.56 bits per heavy atom. The zero-order chi connectivity index (χ0) is 13.2. The van der Waals surface area contributed by atoms with Gasteiger partial charge in [-0.15, -0.1) is 6.58 Å². The van der Waals surface area contributed by atoms with Gasteiger partial charge >= 0.3 is 0 Å². The number of oxazole rings is 1. The molecule has 4 nitrogen and oxygen atoms in total. The molecule has 1 heterocycles. The van der Waals surface area contributed by atoms with Crippen LogP contribution in [0, 0.1) is 0 Å². The first kappa shape index (κ1) is 13.1. The van der Waals surface area contributed by atoms with Crippen molar-refractivity contribution in [1.29, 1.82) is 0 Å². The van der Waals surface area contributed by atoms with Gasteiger partial charge in [-0.05, 0) is 33.6 Å². The molecule has 1 fully saturated rings. The lowest BCUT2D eigenvalue weighted by Crippen LogP contribution is -2.41. The second-order valence-corrected chi connectivity index (χ2v) is 5.85. The molecule has 0 bridgehead atoms. The van der Waals surface area contributed by atoms with Crippen LogP contribution in [0.15, 0.2) is 23.3 Å². The van der Waals surface area contributed by atoms with Crippen LogP contribution in [0.4, 0.5) is 6.01 Å². The topological polar surface area (TPSA) is 41.3 Å². The molecule has 1 aromatic heterocycles. The van der Waals surface area contributed by atoms with Crippen LogP contribution in [-0.4, -0.2) is 23.1 Å². The molecule has 0 saturated heterocycles. The minimum absolute atomic E-state index is 0.0275. The minimum Gasteiger partial charge on any atom is -0.432 e. The van der Waals surface area contributed by atoms with E-state index in [1.165, 1.54) is 12.8 Å². The van der Waals surface area contributed by atoms with Crippen LogP contribution >= 0.6 is 0 Å². The average Bonchev–Trinajstić information content (AvgIpc) is 3.01. The second-order valence-electron chi connectivity index (χ2n) is 5.85. The number of hydrogen-bond donors (Lipinski definition) is 1. The molecule has 100 valence electrons. The lowest BCUT2D eigenvalue weighted by atomic mass is 10.1. The minimum atomic E-state index is -0.0275. The Morgan fingerprint density at radius 2 is 2.28 bits per heavy atom. The SMILES string of the molecule is C=CCN(c1nc(CNC2CC2)co1)C(C)(C)C. The van der Waals surface area contributed by atoms with E-state index in [4.69, 9.17) is 4.42 Å². The number of aromatic nitrogens is 1. The van der Waals surface area contributed by atoms with Crippen molar-refractivity contribution in [3.8, 4) is 0 Å². The van der Waals surface area contributed by atoms with Crippen LogP contribution in [0.3, 0.4) is 0 Å². The fourth-order valence-corrected chi connectivity index (χ4v) is 1.81. The summed E-state index contributed by atoms with van der Waals surface area (Å²) in [5.74, 6) is 0. The van der Waals surface area contributed by atoms with E-state index < -0.39 is 0 Å². The molecule has 1 N–H and O–H groups in total. The Bertz CT molecular complexity index is 401. The molecule has 4 heteroatoms. The summed E-state index contributed by atoms with van der Waals surface area (Å²) in [5.41, 5.74) is 0.940. The van der Waals surface area contributed by atoms with Gasteiger partial charge in [0.1, 0.15) is 6.26 Å². The average molecular weight is 249 g/mol. The summed E-state index contributed by atoms with van der Waals surface area (Å²) >= 11 is 0. The second kappa shape index (κ2) is 5.14. The number of hydrogen-bond acceptors (Lipinski definition) is 4. The molecule has 1 aromatic rings. The molecule has 0 spiro atoms. The molecule has 1 aliphatic carbocycles. The Balaban J connectivity index is 2.02. The maximum Gasteiger partial charge on any atom is 0.298 e. The van der Waals surface area contributed by atoms with Crippen LogP contribution in [0.5, 0.6) is 0 Å². The molecule has 1 aliphatic rings. The zero-order valence-electron chi connectivity index (χ0n) is 11.6. The van der Waals surface area contributed by atoms with Crippen molar-refractivity contribution >= 4 is 6.01 Å². The summed E-state index contributed by atoms with van der Waals surface area (Å²) in [6, 6.07) is 1.37. The Kier molecular flexibility index (Phi) is 3.76. The summed E-state index contributed by atoms with van der Waals surface area (Å²) in [6.07, 6.45) is 6.19. The van der Waals surface area contributed by atoms with Gasteiger partial charge < -0.3 is 14.6 Å². The number of anilines is 1. The molecule has 0 aliphatic heterocycles. The van der Waals surface area contributed by atoms with Gasteiger partial charge in [-0.3, -0.25) is 0 Å². The Labute approximate surface area is 109 Å². The molecule has 0 aromatic carbocycles. The van der Waals surface area contributed by atoms with Gasteiger partial charge in [0, 0.05) is 24.7 Å². The van der Waals surface area contributed by atoms with E-state index in [-0.39, 0.29) is 5.54 Å². The summed E-state index contributed by atoms with van der Waals surface area (Å²) in [5, 5.41) is 3.43. The fourth-order valence-electron chi connectivity index (χ4n) is 1.81. The van der Waals surface area contributed by atoms with Crippen LogP contribution in [0.1, 0.15) is 39.3 Å². The molecule has 0 radical (unpaired) electrons. The molecule has 2 rings (SSSR count). The highest BCUT2D eigenvalue weighted by atomic mass is 16.4. The van der Waals surface area contributed by atoms with Gasteiger partial charge in [0.15, 0.2) is 0 Å². The maximum absolute atomic E-state index is 5.59. The van der Waals surface area contributed by atoms with E-state index >= 15 is 0 Å². The number of nitrogens with one attached hydrogen (secondary N) is 1. The van der Waals surface area contributed by atoms with Gasteiger partial charge in [-0.1, -0.05) is 6.08 Å². The summed E-state index contributed by atoms with van der Waals surface area (Å²) in [7, 11) is 0. The summed E-state index contributed by atoms with van der Waals surface area (Å²) in [6.45, 7) is 11.7. The smallest absolute Gasteiger partial charge is 0.298 e. The van der Waals surface area contributed by atoms with Gasteiger partial charge in [0.25, 0.3) is 6.01 Å². The largest absolute Gasteiger partial charge is 0.432 e. The van der Waals surface area contributed by atoms with Crippen molar-refractivity contribution in [3.63, 3.8) is 0 Å². The predicted molar refractivity (Wildman–Crippen MR) is 73.7 cm³/mol. The molecular formula is C14H23N3O. The van der Waals surface area contributed by atoms with E-state index in [0.717, 1.165) is 18.8 Å². The van der Waals surface area contributed by atoms with Crippen molar-refractivity contribution in [3.05, 3.63) is 24.6 Å². The first-order valence-corrected chi connectivity index (χ1v) is 6.57. The van der Waals surface area contributed by atoms with E-state index in [0.29, 0.717) is 12.1 Å². The van der Waals surface area contributed by atoms with Gasteiger partial charge in [0.2, 0.25) is 0 Å². The molecule has 0 unspecified atom stereocenters. The van der Waals surface area contributed by atoms with Crippen molar-refractivity contribution in [2.75, 3.05) is 11.4 Å². The van der Waals surface area contributed by atoms with Crippen molar-refractivity contribution in [1.82, 2.24) is 10.3 Å². The van der Waals surface area contributed by atoms with Gasteiger partial charge in [-0.2, -0.15) is 4.98 Å². The van der Waals surface area contributed by atoms with Crippen molar-refractivity contribution in [2.24, 2.45) is 0 Å². The molecular weight excluding hydrogens is 226 g/mol. The van der Waals surface area contributed by atoms with E-state index in [1.807, 2.05) is 6.08 Å². The third-order valence-corrected chi connectivity index (χ3v) is 3.04. The predicted octanol–water partition coefficient (Wildman–Crippen LogP) is 2.72. The van der Waals surface area contributed by atoms with Crippen LogP contribution < -0.4 is 10.2 Å². The highest BCUT2D eigenvalue weighted by Crippen LogP contribution is 2.24. The lowest BCUT2D eigenvalue weighted by Gasteiger charge is -2.33. The van der Waals surface area contributed by atoms with Crippen molar-refractivity contribution < 1.29 is 4.42 Å². The van der Waals surface area contributed by atoms with Crippen LogP contribution in [0.25, 0.3) is 0 Å². The highest BCUT2D eigenvalue weighted by molar-refractivity contribution is 5.32. The lowest BCUT2D eigenvalue weighted by molar-refractivity contribution is 0.451. The highest BCUT2D eigenvalue weighted by Gasteiger charge is 2.25. The van der Waals surface area contributed by atoms with Crippen LogP contribution in [-0.2, 0) is 6.54 Å². The van der Waals surface area contributed by atoms with Crippen molar-refractivity contribution in [2.45, 2.75) is 51.7 Å². The van der Waals surface area contributed by atoms with Crippen LogP contribution in [0.2, 0.25) is 0 Å². The first-order valence-electron chi connectivity index (χ1n) is 6.57. The molecule has 0 amide bonds. The number of nitrogens with zero attached hydrogens (tertiary/aromatic N) is 2. The summed E-state index contributed by atoms with van der Waals surface area (Å²) < 4.78 is 5.59. The van der Waals surface area contributed by atoms with E-state index in [9.17, 15) is 0 Å². The number of rotatable bonds is 6. The third-order valence-electron chi connectivity index (χ3n) is 3.04. The maximum atomic E-state index is 5.59. The molecule has 18 heavy (non-hydrogen) atoms. The zero-order valence-corrected chi connectivity index (χ0v) is 11.6. The Morgan fingerprint density at radius 3 is 2.83 bits per heavy atom. The fraction of sp³-hybridized carbons (Fsp3) is 0.643. The normalized spacial score (nSPS) is 15.7. The van der Waals surface area contributed by atoms with Gasteiger partial charge in [-0.25, -0.2) is 0 Å². The van der Waals surface area contributed by atoms with E-state index in [2.05, 4.69) is 42.6 Å².